The van der Waals surface area contributed by atoms with Gasteiger partial charge in [0.1, 0.15) is 11.3 Å². The van der Waals surface area contributed by atoms with Crippen molar-refractivity contribution in [1.82, 2.24) is 9.80 Å². The lowest BCUT2D eigenvalue weighted by Gasteiger charge is -2.39. The fraction of sp³-hybridized carbons (Fsp3) is 0.636. The van der Waals surface area contributed by atoms with E-state index in [1.807, 2.05) is 0 Å². The van der Waals surface area contributed by atoms with Crippen LogP contribution in [0, 0.1) is 0 Å². The number of amides is 2. The number of benzene rings is 1. The molecule has 0 aromatic heterocycles. The normalized spacial score (nSPS) is 23.3. The van der Waals surface area contributed by atoms with Gasteiger partial charge in [0.25, 0.3) is 0 Å². The topological polar surface area (TPSA) is 49.9 Å². The minimum atomic E-state index is -5.07. The Morgan fingerprint density at radius 2 is 1.71 bits per heavy atom. The SMILES string of the molecule is CC(C)(C)OC(=O)N1CCC(F)(CN(C(=O)C(F)(F)F)C2CC2c2ccccc2)CC1. The number of halogens is 4. The molecule has 2 amide bonds. The molecule has 1 saturated carbocycles. The zero-order valence-electron chi connectivity index (χ0n) is 17.9. The average Bonchev–Trinajstić information content (AvgIpc) is 3.45. The van der Waals surface area contributed by atoms with E-state index in [-0.39, 0.29) is 31.8 Å². The molecule has 0 N–H and O–H groups in total. The first-order chi connectivity index (χ1) is 14.3. The fourth-order valence-electron chi connectivity index (χ4n) is 3.97. The molecule has 2 atom stereocenters. The second-order valence-electron chi connectivity index (χ2n) is 9.37. The summed E-state index contributed by atoms with van der Waals surface area (Å²) in [5.41, 5.74) is -1.86. The van der Waals surface area contributed by atoms with Gasteiger partial charge in [-0.05, 0) is 32.8 Å². The third kappa shape index (κ3) is 5.89. The number of carbonyl (C=O) groups excluding carboxylic acids is 2. The lowest BCUT2D eigenvalue weighted by Crippen LogP contribution is -2.54. The summed E-state index contributed by atoms with van der Waals surface area (Å²) in [7, 11) is 0. The summed E-state index contributed by atoms with van der Waals surface area (Å²) in [5, 5.41) is 0. The quantitative estimate of drug-likeness (QED) is 0.634. The number of likely N-dealkylation sites (tertiary alicyclic amines) is 1. The Hall–Kier alpha value is -2.32. The Morgan fingerprint density at radius 1 is 1.13 bits per heavy atom. The second kappa shape index (κ2) is 8.31. The van der Waals surface area contributed by atoms with Crippen molar-refractivity contribution in [2.24, 2.45) is 0 Å². The molecule has 0 radical (unpaired) electrons. The van der Waals surface area contributed by atoms with Gasteiger partial charge in [0.15, 0.2) is 0 Å². The van der Waals surface area contributed by atoms with E-state index in [0.29, 0.717) is 11.3 Å². The first kappa shape index (κ1) is 23.3. The molecule has 2 fully saturated rings. The fourth-order valence-corrected chi connectivity index (χ4v) is 3.97. The summed E-state index contributed by atoms with van der Waals surface area (Å²) in [4.78, 5) is 26.3. The summed E-state index contributed by atoms with van der Waals surface area (Å²) in [6.45, 7) is 4.55. The zero-order valence-corrected chi connectivity index (χ0v) is 17.9. The summed E-state index contributed by atoms with van der Waals surface area (Å²) in [6.07, 6.45) is -5.60. The molecule has 0 bridgehead atoms. The van der Waals surface area contributed by atoms with Crippen molar-refractivity contribution >= 4 is 12.0 Å². The molecule has 1 heterocycles. The number of alkyl halides is 4. The van der Waals surface area contributed by atoms with Gasteiger partial charge in [0, 0.05) is 37.9 Å². The second-order valence-corrected chi connectivity index (χ2v) is 9.37. The first-order valence-electron chi connectivity index (χ1n) is 10.4. The number of hydrogen-bond donors (Lipinski definition) is 0. The smallest absolute Gasteiger partial charge is 0.444 e. The zero-order chi connectivity index (χ0) is 23.0. The molecule has 2 aliphatic rings. The van der Waals surface area contributed by atoms with Gasteiger partial charge in [0.05, 0.1) is 6.54 Å². The molecular formula is C22H28F4N2O3. The largest absolute Gasteiger partial charge is 0.471 e. The van der Waals surface area contributed by atoms with E-state index in [9.17, 15) is 22.8 Å². The van der Waals surface area contributed by atoms with Crippen LogP contribution in [0.1, 0.15) is 51.5 Å². The Labute approximate surface area is 179 Å². The lowest BCUT2D eigenvalue weighted by molar-refractivity contribution is -0.188. The number of carbonyl (C=O) groups is 2. The van der Waals surface area contributed by atoms with Crippen molar-refractivity contribution < 1.29 is 31.9 Å². The Bertz CT molecular complexity index is 799. The molecule has 2 unspecified atom stereocenters. The Balaban J connectivity index is 1.68. The van der Waals surface area contributed by atoms with E-state index < -0.39 is 42.0 Å². The minimum absolute atomic E-state index is 0.0201. The molecule has 31 heavy (non-hydrogen) atoms. The van der Waals surface area contributed by atoms with E-state index in [0.717, 1.165) is 5.56 Å². The van der Waals surface area contributed by atoms with Crippen molar-refractivity contribution in [2.75, 3.05) is 19.6 Å². The maximum Gasteiger partial charge on any atom is 0.471 e. The minimum Gasteiger partial charge on any atom is -0.444 e. The lowest BCUT2D eigenvalue weighted by atomic mass is 9.92. The molecular weight excluding hydrogens is 416 g/mol. The van der Waals surface area contributed by atoms with Crippen LogP contribution in [0.2, 0.25) is 0 Å². The molecule has 9 heteroatoms. The van der Waals surface area contributed by atoms with Crippen molar-refractivity contribution in [3.8, 4) is 0 Å². The first-order valence-corrected chi connectivity index (χ1v) is 10.4. The van der Waals surface area contributed by atoms with Gasteiger partial charge < -0.3 is 14.5 Å². The van der Waals surface area contributed by atoms with E-state index in [2.05, 4.69) is 0 Å². The van der Waals surface area contributed by atoms with Crippen molar-refractivity contribution in [1.29, 1.82) is 0 Å². The number of nitrogens with zero attached hydrogens (tertiary/aromatic N) is 2. The van der Waals surface area contributed by atoms with Crippen LogP contribution in [0.15, 0.2) is 30.3 Å². The molecule has 0 spiro atoms. The van der Waals surface area contributed by atoms with Crippen molar-refractivity contribution in [3.63, 3.8) is 0 Å². The summed E-state index contributed by atoms with van der Waals surface area (Å²) < 4.78 is 60.5. The molecule has 1 aromatic rings. The summed E-state index contributed by atoms with van der Waals surface area (Å²) >= 11 is 0. The molecule has 1 aliphatic heterocycles. The van der Waals surface area contributed by atoms with Gasteiger partial charge in [0.2, 0.25) is 0 Å². The molecule has 172 valence electrons. The molecule has 1 aromatic carbocycles. The number of rotatable bonds is 4. The van der Waals surface area contributed by atoms with Crippen LogP contribution >= 0.6 is 0 Å². The van der Waals surface area contributed by atoms with Crippen LogP contribution in [0.25, 0.3) is 0 Å². The van der Waals surface area contributed by atoms with Crippen molar-refractivity contribution in [2.45, 2.75) is 69.4 Å². The third-order valence-corrected chi connectivity index (χ3v) is 5.65. The van der Waals surface area contributed by atoms with Crippen LogP contribution in [0.5, 0.6) is 0 Å². The summed E-state index contributed by atoms with van der Waals surface area (Å²) in [5.74, 6) is -2.25. The summed E-state index contributed by atoms with van der Waals surface area (Å²) in [6, 6.07) is 8.27. The maximum absolute atomic E-state index is 15.5. The monoisotopic (exact) mass is 444 g/mol. The molecule has 5 nitrogen and oxygen atoms in total. The molecule has 3 rings (SSSR count). The van der Waals surface area contributed by atoms with E-state index in [1.165, 1.54) is 4.90 Å². The Kier molecular flexibility index (Phi) is 6.26. The van der Waals surface area contributed by atoms with E-state index >= 15 is 4.39 Å². The van der Waals surface area contributed by atoms with Gasteiger partial charge in [-0.15, -0.1) is 0 Å². The molecule has 1 saturated heterocycles. The highest BCUT2D eigenvalue weighted by molar-refractivity contribution is 5.82. The van der Waals surface area contributed by atoms with Gasteiger partial charge in [-0.3, -0.25) is 4.79 Å². The standard InChI is InChI=1S/C22H28F4N2O3/c1-20(2,3)31-19(30)27-11-9-21(23,10-12-27)14-28(18(29)22(24,25)26)17-13-16(17)15-7-5-4-6-8-15/h4-8,16-17H,9-14H2,1-3H3. The van der Waals surface area contributed by atoms with Gasteiger partial charge in [-0.2, -0.15) is 13.2 Å². The third-order valence-electron chi connectivity index (χ3n) is 5.65. The van der Waals surface area contributed by atoms with Crippen LogP contribution < -0.4 is 0 Å². The Morgan fingerprint density at radius 3 is 2.23 bits per heavy atom. The van der Waals surface area contributed by atoms with E-state index in [4.69, 9.17) is 4.74 Å². The van der Waals surface area contributed by atoms with E-state index in [1.54, 1.807) is 51.1 Å². The van der Waals surface area contributed by atoms with Crippen LogP contribution in [0.4, 0.5) is 22.4 Å². The van der Waals surface area contributed by atoms with Gasteiger partial charge in [-0.25, -0.2) is 9.18 Å². The molecule has 1 aliphatic carbocycles. The highest BCUT2D eigenvalue weighted by atomic mass is 19.4. The van der Waals surface area contributed by atoms with Crippen molar-refractivity contribution in [3.05, 3.63) is 35.9 Å². The maximum atomic E-state index is 15.5. The van der Waals surface area contributed by atoms with Crippen LogP contribution in [-0.4, -0.2) is 64.9 Å². The predicted octanol–water partition coefficient (Wildman–Crippen LogP) is 4.67. The number of ether oxygens (including phenoxy) is 1. The average molecular weight is 444 g/mol. The number of hydrogen-bond acceptors (Lipinski definition) is 3. The highest BCUT2D eigenvalue weighted by Gasteiger charge is 2.54. The number of piperidine rings is 1. The highest BCUT2D eigenvalue weighted by Crippen LogP contribution is 2.47. The predicted molar refractivity (Wildman–Crippen MR) is 106 cm³/mol. The van der Waals surface area contributed by atoms with Gasteiger partial charge in [-0.1, -0.05) is 30.3 Å². The van der Waals surface area contributed by atoms with Gasteiger partial charge >= 0.3 is 18.2 Å². The van der Waals surface area contributed by atoms with Crippen LogP contribution in [0.3, 0.4) is 0 Å². The van der Waals surface area contributed by atoms with Crippen LogP contribution in [-0.2, 0) is 9.53 Å².